The third-order valence-corrected chi connectivity index (χ3v) is 6.62. The van der Waals surface area contributed by atoms with Crippen LogP contribution in [0.3, 0.4) is 0 Å². The van der Waals surface area contributed by atoms with Crippen molar-refractivity contribution >= 4 is 12.0 Å². The fourth-order valence-corrected chi connectivity index (χ4v) is 5.00. The number of carbonyl (C=O) groups excluding carboxylic acids is 1. The lowest BCUT2D eigenvalue weighted by atomic mass is 9.95. The first-order valence-electron chi connectivity index (χ1n) is 11.1. The van der Waals surface area contributed by atoms with E-state index in [0.29, 0.717) is 23.3 Å². The molecule has 2 fully saturated rings. The molecule has 1 aromatic heterocycles. The first-order valence-corrected chi connectivity index (χ1v) is 11.1. The predicted octanol–water partition coefficient (Wildman–Crippen LogP) is 5.38. The second kappa shape index (κ2) is 8.46. The Bertz CT molecular complexity index is 1250. The Morgan fingerprint density at radius 2 is 1.94 bits per heavy atom. The number of methoxy groups -OCH3 is 1. The van der Waals surface area contributed by atoms with Gasteiger partial charge in [-0.1, -0.05) is 12.1 Å². The first-order chi connectivity index (χ1) is 15.9. The van der Waals surface area contributed by atoms with Crippen LogP contribution in [0.25, 0.3) is 11.8 Å². The van der Waals surface area contributed by atoms with Gasteiger partial charge in [0, 0.05) is 17.8 Å². The number of aryl methyl sites for hydroxylation is 1. The van der Waals surface area contributed by atoms with Gasteiger partial charge in [0.15, 0.2) is 11.6 Å². The van der Waals surface area contributed by atoms with Crippen molar-refractivity contribution in [2.24, 2.45) is 0 Å². The van der Waals surface area contributed by atoms with E-state index in [1.807, 2.05) is 46.9 Å². The van der Waals surface area contributed by atoms with Crippen molar-refractivity contribution in [2.75, 3.05) is 7.11 Å². The van der Waals surface area contributed by atoms with Crippen molar-refractivity contribution in [1.29, 1.82) is 0 Å². The Morgan fingerprint density at radius 1 is 1.09 bits per heavy atom. The summed E-state index contributed by atoms with van der Waals surface area (Å²) in [5, 5.41) is 0. The zero-order chi connectivity index (χ0) is 23.1. The van der Waals surface area contributed by atoms with Crippen molar-refractivity contribution < 1.29 is 18.3 Å². The van der Waals surface area contributed by atoms with Crippen LogP contribution in [0.15, 0.2) is 54.5 Å². The third-order valence-electron chi connectivity index (χ3n) is 6.62. The molecule has 2 aliphatic heterocycles. The summed E-state index contributed by atoms with van der Waals surface area (Å²) < 4.78 is 34.8. The molecular formula is C26H25F2N3O2. The summed E-state index contributed by atoms with van der Waals surface area (Å²) in [4.78, 5) is 19.6. The van der Waals surface area contributed by atoms with Crippen LogP contribution in [-0.4, -0.2) is 33.5 Å². The first kappa shape index (κ1) is 21.4. The number of amides is 1. The number of hydrogen-bond donors (Lipinski definition) is 0. The number of ether oxygens (including phenoxy) is 1. The molecule has 0 radical (unpaired) electrons. The molecule has 2 aliphatic rings. The number of benzene rings is 2. The molecule has 7 heteroatoms. The van der Waals surface area contributed by atoms with Crippen LogP contribution in [0.1, 0.15) is 48.5 Å². The average molecular weight is 450 g/mol. The van der Waals surface area contributed by atoms with Gasteiger partial charge in [-0.15, -0.1) is 0 Å². The van der Waals surface area contributed by atoms with Gasteiger partial charge in [0.25, 0.3) is 5.91 Å². The van der Waals surface area contributed by atoms with E-state index >= 15 is 0 Å². The fraction of sp³-hybridized carbons (Fsp3) is 0.308. The van der Waals surface area contributed by atoms with E-state index in [4.69, 9.17) is 4.74 Å². The minimum absolute atomic E-state index is 0.0354. The highest BCUT2D eigenvalue weighted by Crippen LogP contribution is 2.43. The van der Waals surface area contributed by atoms with Crippen LogP contribution >= 0.6 is 0 Å². The molecule has 0 N–H and O–H groups in total. The zero-order valence-electron chi connectivity index (χ0n) is 18.6. The van der Waals surface area contributed by atoms with Crippen LogP contribution < -0.4 is 4.74 Å². The number of fused-ring (bicyclic) bond motifs is 1. The molecular weight excluding hydrogens is 424 g/mol. The second-order valence-electron chi connectivity index (χ2n) is 8.69. The van der Waals surface area contributed by atoms with Gasteiger partial charge in [-0.25, -0.2) is 13.8 Å². The molecule has 2 aromatic carbocycles. The van der Waals surface area contributed by atoms with E-state index in [2.05, 4.69) is 4.98 Å². The van der Waals surface area contributed by atoms with Gasteiger partial charge in [0.05, 0.1) is 30.9 Å². The Morgan fingerprint density at radius 3 is 2.67 bits per heavy atom. The lowest BCUT2D eigenvalue weighted by molar-refractivity contribution is -0.131. The maximum absolute atomic E-state index is 13.8. The van der Waals surface area contributed by atoms with Crippen molar-refractivity contribution in [2.45, 2.75) is 44.7 Å². The standard InChI is InChI=1S/C26H25F2N3O2/c1-16-14-30(15-29-16)24-9-3-17(12-25(24)33-2)11-19-4-6-20-7-10-23(31(20)26(19)32)18-5-8-21(27)22(28)13-18/h3,5,8-9,11-15,20,23H,4,6-7,10H2,1-2H3/b19-11+/t20?,23-/m1/s1. The van der Waals surface area contributed by atoms with Crippen molar-refractivity contribution in [3.63, 3.8) is 0 Å². The van der Waals surface area contributed by atoms with Gasteiger partial charge in [0.1, 0.15) is 5.75 Å². The number of hydrogen-bond acceptors (Lipinski definition) is 3. The molecule has 3 aromatic rings. The zero-order valence-corrected chi connectivity index (χ0v) is 18.6. The molecule has 170 valence electrons. The molecule has 5 rings (SSSR count). The summed E-state index contributed by atoms with van der Waals surface area (Å²) in [6.07, 6.45) is 8.74. The van der Waals surface area contributed by atoms with Crippen LogP contribution in [0.5, 0.6) is 5.75 Å². The smallest absolute Gasteiger partial charge is 0.250 e. The molecule has 0 aliphatic carbocycles. The average Bonchev–Trinajstić information content (AvgIpc) is 3.44. The van der Waals surface area contributed by atoms with Crippen molar-refractivity contribution in [1.82, 2.24) is 14.5 Å². The molecule has 0 spiro atoms. The summed E-state index contributed by atoms with van der Waals surface area (Å²) in [7, 11) is 1.62. The number of rotatable bonds is 4. The fourth-order valence-electron chi connectivity index (χ4n) is 5.00. The highest BCUT2D eigenvalue weighted by molar-refractivity contribution is 5.99. The van der Waals surface area contributed by atoms with Gasteiger partial charge >= 0.3 is 0 Å². The quantitative estimate of drug-likeness (QED) is 0.503. The number of aromatic nitrogens is 2. The van der Waals surface area contributed by atoms with E-state index in [1.54, 1.807) is 19.5 Å². The molecule has 1 unspecified atom stereocenters. The van der Waals surface area contributed by atoms with Gasteiger partial charge < -0.3 is 14.2 Å². The number of imidazole rings is 1. The maximum atomic E-state index is 13.8. The minimum Gasteiger partial charge on any atom is -0.495 e. The Kier molecular flexibility index (Phi) is 5.48. The number of piperidine rings is 1. The van der Waals surface area contributed by atoms with E-state index < -0.39 is 11.6 Å². The van der Waals surface area contributed by atoms with E-state index in [-0.39, 0.29) is 18.0 Å². The van der Waals surface area contributed by atoms with Crippen LogP contribution in [0.2, 0.25) is 0 Å². The molecule has 1 amide bonds. The van der Waals surface area contributed by atoms with Gasteiger partial charge in [-0.2, -0.15) is 0 Å². The molecule has 2 atom stereocenters. The van der Waals surface area contributed by atoms with Gasteiger partial charge in [0.2, 0.25) is 0 Å². The van der Waals surface area contributed by atoms with E-state index in [0.717, 1.165) is 42.3 Å². The molecule has 33 heavy (non-hydrogen) atoms. The summed E-state index contributed by atoms with van der Waals surface area (Å²) >= 11 is 0. The lowest BCUT2D eigenvalue weighted by Crippen LogP contribution is -2.41. The molecule has 0 bridgehead atoms. The number of halogens is 2. The Hall–Kier alpha value is -3.48. The summed E-state index contributed by atoms with van der Waals surface area (Å²) in [5.74, 6) is -1.10. The normalized spacial score (nSPS) is 21.5. The summed E-state index contributed by atoms with van der Waals surface area (Å²) in [6.45, 7) is 1.93. The summed E-state index contributed by atoms with van der Waals surface area (Å²) in [5.41, 5.74) is 4.01. The third kappa shape index (κ3) is 3.92. The maximum Gasteiger partial charge on any atom is 0.250 e. The molecule has 0 saturated carbocycles. The van der Waals surface area contributed by atoms with Crippen LogP contribution in [0, 0.1) is 18.6 Å². The lowest BCUT2D eigenvalue weighted by Gasteiger charge is -2.35. The van der Waals surface area contributed by atoms with Crippen LogP contribution in [0.4, 0.5) is 8.78 Å². The molecule has 2 saturated heterocycles. The van der Waals surface area contributed by atoms with E-state index in [9.17, 15) is 13.6 Å². The minimum atomic E-state index is -0.878. The number of carbonyl (C=O) groups is 1. The van der Waals surface area contributed by atoms with Gasteiger partial charge in [-0.3, -0.25) is 4.79 Å². The predicted molar refractivity (Wildman–Crippen MR) is 121 cm³/mol. The second-order valence-corrected chi connectivity index (χ2v) is 8.69. The Balaban J connectivity index is 1.43. The van der Waals surface area contributed by atoms with Crippen LogP contribution in [-0.2, 0) is 4.79 Å². The summed E-state index contributed by atoms with van der Waals surface area (Å²) in [6, 6.07) is 9.65. The highest BCUT2D eigenvalue weighted by Gasteiger charge is 2.41. The SMILES string of the molecule is COc1cc(/C=C2\CCC3CC[C@H](c4ccc(F)c(F)c4)N3C2=O)ccc1-n1cnc(C)c1. The largest absolute Gasteiger partial charge is 0.495 e. The van der Waals surface area contributed by atoms with Crippen molar-refractivity contribution in [3.8, 4) is 11.4 Å². The number of nitrogens with zero attached hydrogens (tertiary/aromatic N) is 3. The van der Waals surface area contributed by atoms with E-state index in [1.165, 1.54) is 6.07 Å². The van der Waals surface area contributed by atoms with Crippen molar-refractivity contribution in [3.05, 3.63) is 83.0 Å². The highest BCUT2D eigenvalue weighted by atomic mass is 19.2. The monoisotopic (exact) mass is 449 g/mol. The van der Waals surface area contributed by atoms with Gasteiger partial charge in [-0.05, 0) is 74.1 Å². The molecule has 5 nitrogen and oxygen atoms in total. The topological polar surface area (TPSA) is 47.4 Å². The molecule has 3 heterocycles. The Labute approximate surface area is 191 Å².